The van der Waals surface area contributed by atoms with Crippen LogP contribution in [0.15, 0.2) is 34.8 Å². The fraction of sp³-hybridized carbons (Fsp3) is 0.200. The molecule has 0 amide bonds. The van der Waals surface area contributed by atoms with Crippen molar-refractivity contribution in [2.24, 2.45) is 5.73 Å². The Labute approximate surface area is 86.2 Å². The van der Waals surface area contributed by atoms with Gasteiger partial charge in [-0.1, -0.05) is 46.3 Å². The van der Waals surface area contributed by atoms with Crippen molar-refractivity contribution in [3.8, 4) is 0 Å². The molecule has 0 aliphatic carbocycles. The average molecular weight is 242 g/mol. The Morgan fingerprint density at radius 1 is 1.46 bits per heavy atom. The van der Waals surface area contributed by atoms with Crippen LogP contribution in [0.5, 0.6) is 0 Å². The van der Waals surface area contributed by atoms with Crippen LogP contribution in [-0.2, 0) is 0 Å². The predicted molar refractivity (Wildman–Crippen MR) is 58.2 cm³/mol. The number of aliphatic hydroxyl groups is 1. The first-order chi connectivity index (χ1) is 6.24. The van der Waals surface area contributed by atoms with E-state index in [0.717, 1.165) is 10.0 Å². The van der Waals surface area contributed by atoms with Gasteiger partial charge in [-0.05, 0) is 11.6 Å². The molecular formula is C10H12BrNO. The Morgan fingerprint density at radius 3 is 2.77 bits per heavy atom. The minimum Gasteiger partial charge on any atom is -0.394 e. The Morgan fingerprint density at radius 2 is 2.15 bits per heavy atom. The molecule has 0 aliphatic rings. The van der Waals surface area contributed by atoms with E-state index < -0.39 is 0 Å². The van der Waals surface area contributed by atoms with Gasteiger partial charge in [0.2, 0.25) is 0 Å². The second-order valence-electron chi connectivity index (χ2n) is 2.73. The van der Waals surface area contributed by atoms with Crippen LogP contribution in [0.3, 0.4) is 0 Å². The molecule has 3 heteroatoms. The first-order valence-corrected chi connectivity index (χ1v) is 4.82. The zero-order valence-corrected chi connectivity index (χ0v) is 8.74. The highest BCUT2D eigenvalue weighted by Gasteiger charge is 1.95. The highest BCUT2D eigenvalue weighted by Crippen LogP contribution is 2.17. The number of hydrogen-bond donors (Lipinski definition) is 2. The van der Waals surface area contributed by atoms with E-state index in [9.17, 15) is 0 Å². The second-order valence-corrected chi connectivity index (χ2v) is 3.58. The van der Waals surface area contributed by atoms with Crippen molar-refractivity contribution in [2.45, 2.75) is 6.04 Å². The van der Waals surface area contributed by atoms with Crippen molar-refractivity contribution in [2.75, 3.05) is 6.61 Å². The molecule has 0 heterocycles. The smallest absolute Gasteiger partial charge is 0.0618 e. The van der Waals surface area contributed by atoms with Gasteiger partial charge in [-0.3, -0.25) is 0 Å². The SMILES string of the molecule is NC(/C=C/c1ccccc1Br)CO. The first kappa shape index (κ1) is 10.4. The topological polar surface area (TPSA) is 46.2 Å². The Balaban J connectivity index is 2.74. The number of aliphatic hydroxyl groups excluding tert-OH is 1. The van der Waals surface area contributed by atoms with E-state index in [4.69, 9.17) is 10.8 Å². The van der Waals surface area contributed by atoms with Gasteiger partial charge in [0.05, 0.1) is 6.61 Å². The number of halogens is 1. The summed E-state index contributed by atoms with van der Waals surface area (Å²) in [6, 6.07) is 7.56. The van der Waals surface area contributed by atoms with Crippen LogP contribution in [0.25, 0.3) is 6.08 Å². The molecule has 70 valence electrons. The van der Waals surface area contributed by atoms with Crippen molar-refractivity contribution < 1.29 is 5.11 Å². The van der Waals surface area contributed by atoms with Gasteiger partial charge in [0.25, 0.3) is 0 Å². The molecule has 0 spiro atoms. The molecule has 1 aromatic rings. The molecule has 1 rings (SSSR count). The summed E-state index contributed by atoms with van der Waals surface area (Å²) in [5.41, 5.74) is 6.58. The van der Waals surface area contributed by atoms with Crippen LogP contribution in [0.2, 0.25) is 0 Å². The molecule has 0 fully saturated rings. The normalized spacial score (nSPS) is 13.5. The van der Waals surface area contributed by atoms with Crippen molar-refractivity contribution in [3.63, 3.8) is 0 Å². The van der Waals surface area contributed by atoms with Crippen LogP contribution in [0.4, 0.5) is 0 Å². The molecule has 0 saturated heterocycles. The lowest BCUT2D eigenvalue weighted by Gasteiger charge is -2.00. The summed E-state index contributed by atoms with van der Waals surface area (Å²) in [6.07, 6.45) is 3.67. The molecule has 0 saturated carbocycles. The fourth-order valence-corrected chi connectivity index (χ4v) is 1.32. The first-order valence-electron chi connectivity index (χ1n) is 4.03. The van der Waals surface area contributed by atoms with Crippen LogP contribution >= 0.6 is 15.9 Å². The van der Waals surface area contributed by atoms with Gasteiger partial charge in [0, 0.05) is 10.5 Å². The molecule has 2 nitrogen and oxygen atoms in total. The Hall–Kier alpha value is -0.640. The molecule has 0 aromatic heterocycles. The molecule has 0 aliphatic heterocycles. The third kappa shape index (κ3) is 3.30. The summed E-state index contributed by atoms with van der Waals surface area (Å²) in [5, 5.41) is 8.69. The number of benzene rings is 1. The van der Waals surface area contributed by atoms with E-state index in [1.165, 1.54) is 0 Å². The summed E-state index contributed by atoms with van der Waals surface area (Å²) in [6.45, 7) is -0.0268. The summed E-state index contributed by atoms with van der Waals surface area (Å²) >= 11 is 3.41. The van der Waals surface area contributed by atoms with Gasteiger partial charge < -0.3 is 10.8 Å². The van der Waals surface area contributed by atoms with Crippen molar-refractivity contribution in [1.29, 1.82) is 0 Å². The monoisotopic (exact) mass is 241 g/mol. The standard InChI is InChI=1S/C10H12BrNO/c11-10-4-2-1-3-8(10)5-6-9(12)7-13/h1-6,9,13H,7,12H2/b6-5+. The Kier molecular flexibility index (Phi) is 4.15. The summed E-state index contributed by atoms with van der Waals surface area (Å²) < 4.78 is 1.02. The van der Waals surface area contributed by atoms with Crippen molar-refractivity contribution >= 4 is 22.0 Å². The largest absolute Gasteiger partial charge is 0.394 e. The third-order valence-corrected chi connectivity index (χ3v) is 2.36. The zero-order valence-electron chi connectivity index (χ0n) is 7.15. The fourth-order valence-electron chi connectivity index (χ4n) is 0.898. The van der Waals surface area contributed by atoms with E-state index in [0.29, 0.717) is 0 Å². The molecule has 0 radical (unpaired) electrons. The summed E-state index contributed by atoms with van der Waals surface area (Å²) in [5.74, 6) is 0. The molecule has 1 aromatic carbocycles. The number of nitrogens with two attached hydrogens (primary N) is 1. The second kappa shape index (κ2) is 5.17. The molecule has 0 bridgehead atoms. The lowest BCUT2D eigenvalue weighted by atomic mass is 10.2. The third-order valence-electron chi connectivity index (χ3n) is 1.64. The number of hydrogen-bond acceptors (Lipinski definition) is 2. The lowest BCUT2D eigenvalue weighted by Crippen LogP contribution is -2.20. The lowest BCUT2D eigenvalue weighted by molar-refractivity contribution is 0.284. The molecule has 13 heavy (non-hydrogen) atoms. The van der Waals surface area contributed by atoms with E-state index in [1.807, 2.05) is 30.3 Å². The van der Waals surface area contributed by atoms with E-state index in [2.05, 4.69) is 15.9 Å². The Bertz CT molecular complexity index is 299. The van der Waals surface area contributed by atoms with E-state index >= 15 is 0 Å². The van der Waals surface area contributed by atoms with Gasteiger partial charge in [-0.15, -0.1) is 0 Å². The minimum absolute atomic E-state index is 0.0268. The van der Waals surface area contributed by atoms with Crippen molar-refractivity contribution in [3.05, 3.63) is 40.4 Å². The van der Waals surface area contributed by atoms with Crippen LogP contribution < -0.4 is 5.73 Å². The zero-order chi connectivity index (χ0) is 9.68. The number of rotatable bonds is 3. The minimum atomic E-state index is -0.285. The molecular weight excluding hydrogens is 230 g/mol. The highest BCUT2D eigenvalue weighted by atomic mass is 79.9. The molecule has 1 unspecified atom stereocenters. The van der Waals surface area contributed by atoms with Crippen molar-refractivity contribution in [1.82, 2.24) is 0 Å². The summed E-state index contributed by atoms with van der Waals surface area (Å²) in [7, 11) is 0. The van der Waals surface area contributed by atoms with Crippen LogP contribution in [0, 0.1) is 0 Å². The van der Waals surface area contributed by atoms with E-state index in [1.54, 1.807) is 6.08 Å². The van der Waals surface area contributed by atoms with Crippen LogP contribution in [-0.4, -0.2) is 17.8 Å². The average Bonchev–Trinajstić information content (AvgIpc) is 2.16. The van der Waals surface area contributed by atoms with Gasteiger partial charge in [-0.2, -0.15) is 0 Å². The molecule has 1 atom stereocenters. The quantitative estimate of drug-likeness (QED) is 0.848. The van der Waals surface area contributed by atoms with Gasteiger partial charge in [0.1, 0.15) is 0 Å². The predicted octanol–water partition coefficient (Wildman–Crippen LogP) is 1.78. The maximum Gasteiger partial charge on any atom is 0.0618 e. The molecule has 3 N–H and O–H groups in total. The maximum atomic E-state index is 8.69. The van der Waals surface area contributed by atoms with Gasteiger partial charge >= 0.3 is 0 Å². The summed E-state index contributed by atoms with van der Waals surface area (Å²) in [4.78, 5) is 0. The van der Waals surface area contributed by atoms with E-state index in [-0.39, 0.29) is 12.6 Å². The highest BCUT2D eigenvalue weighted by molar-refractivity contribution is 9.10. The van der Waals surface area contributed by atoms with Crippen LogP contribution in [0.1, 0.15) is 5.56 Å². The van der Waals surface area contributed by atoms with Gasteiger partial charge in [0.15, 0.2) is 0 Å². The maximum absolute atomic E-state index is 8.69. The van der Waals surface area contributed by atoms with Gasteiger partial charge in [-0.25, -0.2) is 0 Å².